The summed E-state index contributed by atoms with van der Waals surface area (Å²) >= 11 is 3.24. The summed E-state index contributed by atoms with van der Waals surface area (Å²) in [5.41, 5.74) is 2.13. The van der Waals surface area contributed by atoms with E-state index in [0.29, 0.717) is 4.88 Å². The number of thiazole rings is 1. The maximum Gasteiger partial charge on any atom is 0.350 e. The number of hydrogen-bond donors (Lipinski definition) is 0. The topological polar surface area (TPSA) is 42.4 Å². The summed E-state index contributed by atoms with van der Waals surface area (Å²) in [7, 11) is 1.40. The Morgan fingerprint density at radius 1 is 1.53 bits per heavy atom. The van der Waals surface area contributed by atoms with Crippen LogP contribution in [0.25, 0.3) is 0 Å². The van der Waals surface area contributed by atoms with E-state index in [0.717, 1.165) is 30.3 Å². The van der Waals surface area contributed by atoms with Crippen LogP contribution in [0.3, 0.4) is 0 Å². The van der Waals surface area contributed by atoms with Crippen LogP contribution in [0.15, 0.2) is 11.4 Å². The first-order valence-electron chi connectivity index (χ1n) is 6.05. The maximum absolute atomic E-state index is 11.6. The molecule has 100 valence electrons. The molecule has 0 unspecified atom stereocenters. The van der Waals surface area contributed by atoms with Crippen molar-refractivity contribution in [2.75, 3.05) is 18.6 Å². The highest BCUT2D eigenvalue weighted by molar-refractivity contribution is 7.17. The molecule has 6 heteroatoms. The number of ether oxygens (including phenoxy) is 1. The van der Waals surface area contributed by atoms with E-state index in [4.69, 9.17) is 4.74 Å². The SMILES string of the molecule is COC(=O)c1sc(N2CCc3sccc3C2)nc1C. The predicted molar refractivity (Wildman–Crippen MR) is 77.3 cm³/mol. The molecule has 3 heterocycles. The summed E-state index contributed by atoms with van der Waals surface area (Å²) in [6, 6.07) is 2.17. The zero-order valence-corrected chi connectivity index (χ0v) is 12.4. The van der Waals surface area contributed by atoms with Gasteiger partial charge in [-0.15, -0.1) is 11.3 Å². The molecule has 0 fully saturated rings. The van der Waals surface area contributed by atoms with Gasteiger partial charge in [0.25, 0.3) is 0 Å². The van der Waals surface area contributed by atoms with Gasteiger partial charge in [-0.3, -0.25) is 0 Å². The van der Waals surface area contributed by atoms with E-state index in [1.807, 2.05) is 18.3 Å². The molecule has 0 N–H and O–H groups in total. The molecule has 0 aromatic carbocycles. The Bertz CT molecular complexity index is 618. The fraction of sp³-hybridized carbons (Fsp3) is 0.385. The highest BCUT2D eigenvalue weighted by Gasteiger charge is 2.23. The second kappa shape index (κ2) is 4.94. The van der Waals surface area contributed by atoms with Crippen molar-refractivity contribution in [1.82, 2.24) is 4.98 Å². The van der Waals surface area contributed by atoms with E-state index in [-0.39, 0.29) is 5.97 Å². The molecule has 4 nitrogen and oxygen atoms in total. The number of fused-ring (bicyclic) bond motifs is 1. The minimum Gasteiger partial charge on any atom is -0.465 e. The van der Waals surface area contributed by atoms with E-state index in [1.54, 1.807) is 0 Å². The molecule has 1 aliphatic rings. The molecule has 0 atom stereocenters. The maximum atomic E-state index is 11.6. The number of nitrogens with zero attached hydrogens (tertiary/aromatic N) is 2. The number of esters is 1. The Morgan fingerprint density at radius 2 is 2.37 bits per heavy atom. The molecule has 0 aliphatic carbocycles. The van der Waals surface area contributed by atoms with Crippen molar-refractivity contribution in [3.05, 3.63) is 32.5 Å². The Labute approximate surface area is 119 Å². The molecule has 0 amide bonds. The van der Waals surface area contributed by atoms with Crippen molar-refractivity contribution in [1.29, 1.82) is 0 Å². The van der Waals surface area contributed by atoms with Crippen molar-refractivity contribution in [2.45, 2.75) is 19.9 Å². The second-order valence-corrected chi connectivity index (χ2v) is 6.42. The number of aromatic nitrogens is 1. The lowest BCUT2D eigenvalue weighted by Crippen LogP contribution is -2.29. The van der Waals surface area contributed by atoms with Gasteiger partial charge in [0.2, 0.25) is 0 Å². The highest BCUT2D eigenvalue weighted by Crippen LogP contribution is 2.32. The first-order chi connectivity index (χ1) is 9.19. The summed E-state index contributed by atoms with van der Waals surface area (Å²) in [6.45, 7) is 3.69. The largest absolute Gasteiger partial charge is 0.465 e. The van der Waals surface area contributed by atoms with E-state index in [9.17, 15) is 4.79 Å². The van der Waals surface area contributed by atoms with E-state index >= 15 is 0 Å². The molecule has 0 spiro atoms. The molecule has 3 rings (SSSR count). The fourth-order valence-electron chi connectivity index (χ4n) is 2.21. The van der Waals surface area contributed by atoms with Crippen LogP contribution in [-0.4, -0.2) is 24.6 Å². The monoisotopic (exact) mass is 294 g/mol. The quantitative estimate of drug-likeness (QED) is 0.799. The van der Waals surface area contributed by atoms with Crippen molar-refractivity contribution >= 4 is 33.8 Å². The predicted octanol–water partition coefficient (Wildman–Crippen LogP) is 2.86. The lowest BCUT2D eigenvalue weighted by molar-refractivity contribution is 0.0605. The normalized spacial score (nSPS) is 14.3. The third-order valence-corrected chi connectivity index (χ3v) is 5.46. The Hall–Kier alpha value is -1.40. The van der Waals surface area contributed by atoms with E-state index in [1.165, 1.54) is 28.9 Å². The molecule has 2 aromatic rings. The van der Waals surface area contributed by atoms with Gasteiger partial charge in [-0.1, -0.05) is 11.3 Å². The average Bonchev–Trinajstić information content (AvgIpc) is 3.03. The third-order valence-electron chi connectivity index (χ3n) is 3.23. The van der Waals surface area contributed by atoms with Crippen LogP contribution in [0, 0.1) is 6.92 Å². The van der Waals surface area contributed by atoms with Gasteiger partial charge >= 0.3 is 5.97 Å². The van der Waals surface area contributed by atoms with Crippen LogP contribution in [0.2, 0.25) is 0 Å². The lowest BCUT2D eigenvalue weighted by atomic mass is 10.1. The van der Waals surface area contributed by atoms with Crippen molar-refractivity contribution in [3.8, 4) is 0 Å². The summed E-state index contributed by atoms with van der Waals surface area (Å²) in [4.78, 5) is 20.4. The molecule has 0 radical (unpaired) electrons. The van der Waals surface area contributed by atoms with Gasteiger partial charge in [-0.2, -0.15) is 0 Å². The first-order valence-corrected chi connectivity index (χ1v) is 7.74. The fourth-order valence-corrected chi connectivity index (χ4v) is 4.11. The summed E-state index contributed by atoms with van der Waals surface area (Å²) < 4.78 is 4.78. The Balaban J connectivity index is 1.86. The number of hydrogen-bond acceptors (Lipinski definition) is 6. The van der Waals surface area contributed by atoms with Crippen LogP contribution in [0.1, 0.15) is 25.8 Å². The third kappa shape index (κ3) is 2.26. The lowest BCUT2D eigenvalue weighted by Gasteiger charge is -2.26. The highest BCUT2D eigenvalue weighted by atomic mass is 32.1. The van der Waals surface area contributed by atoms with Gasteiger partial charge in [-0.25, -0.2) is 9.78 Å². The number of methoxy groups -OCH3 is 1. The van der Waals surface area contributed by atoms with Crippen molar-refractivity contribution in [2.24, 2.45) is 0 Å². The molecule has 19 heavy (non-hydrogen) atoms. The van der Waals surface area contributed by atoms with Gasteiger partial charge in [0.1, 0.15) is 4.88 Å². The molecular formula is C13H14N2O2S2. The van der Waals surface area contributed by atoms with Crippen LogP contribution in [0.4, 0.5) is 5.13 Å². The van der Waals surface area contributed by atoms with Crippen molar-refractivity contribution in [3.63, 3.8) is 0 Å². The van der Waals surface area contributed by atoms with Crippen LogP contribution < -0.4 is 4.90 Å². The zero-order chi connectivity index (χ0) is 13.4. The summed E-state index contributed by atoms with van der Waals surface area (Å²) in [5.74, 6) is -0.297. The number of thiophene rings is 1. The minimum absolute atomic E-state index is 0.297. The number of rotatable bonds is 2. The van der Waals surface area contributed by atoms with E-state index in [2.05, 4.69) is 21.3 Å². The average molecular weight is 294 g/mol. The number of anilines is 1. The van der Waals surface area contributed by atoms with Crippen LogP contribution >= 0.6 is 22.7 Å². The minimum atomic E-state index is -0.297. The van der Waals surface area contributed by atoms with E-state index < -0.39 is 0 Å². The molecular weight excluding hydrogens is 280 g/mol. The number of carbonyl (C=O) groups is 1. The van der Waals surface area contributed by atoms with Gasteiger partial charge in [-0.05, 0) is 30.4 Å². The molecule has 2 aromatic heterocycles. The number of carbonyl (C=O) groups excluding carboxylic acids is 1. The Kier molecular flexibility index (Phi) is 3.28. The van der Waals surface area contributed by atoms with Gasteiger partial charge in [0, 0.05) is 18.0 Å². The molecule has 0 saturated heterocycles. The van der Waals surface area contributed by atoms with Crippen LogP contribution in [-0.2, 0) is 17.7 Å². The summed E-state index contributed by atoms with van der Waals surface area (Å²) in [5, 5.41) is 3.05. The standard InChI is InChI=1S/C13H14N2O2S2/c1-8-11(12(16)17-2)19-13(14-8)15-5-3-10-9(7-15)4-6-18-10/h4,6H,3,5,7H2,1-2H3. The first kappa shape index (κ1) is 12.6. The van der Waals surface area contributed by atoms with Crippen LogP contribution in [0.5, 0.6) is 0 Å². The Morgan fingerprint density at radius 3 is 3.16 bits per heavy atom. The smallest absolute Gasteiger partial charge is 0.350 e. The summed E-state index contributed by atoms with van der Waals surface area (Å²) in [6.07, 6.45) is 1.05. The second-order valence-electron chi connectivity index (χ2n) is 4.44. The molecule has 0 bridgehead atoms. The molecule has 1 aliphatic heterocycles. The van der Waals surface area contributed by atoms with Crippen molar-refractivity contribution < 1.29 is 9.53 Å². The molecule has 0 saturated carbocycles. The van der Waals surface area contributed by atoms with Gasteiger partial charge in [0.05, 0.1) is 12.8 Å². The number of aryl methyl sites for hydroxylation is 1. The van der Waals surface area contributed by atoms with Gasteiger partial charge < -0.3 is 9.64 Å². The zero-order valence-electron chi connectivity index (χ0n) is 10.8. The van der Waals surface area contributed by atoms with Gasteiger partial charge in [0.15, 0.2) is 5.13 Å².